The number of hydrogen-bond acceptors (Lipinski definition) is 3. The molecule has 3 heterocycles. The van der Waals surface area contributed by atoms with Crippen LogP contribution in [0.1, 0.15) is 30.7 Å². The second kappa shape index (κ2) is 5.06. The monoisotopic (exact) mass is 244 g/mol. The largest absolute Gasteiger partial charge is 0.340 e. The van der Waals surface area contributed by atoms with Crippen LogP contribution in [0.2, 0.25) is 0 Å². The van der Waals surface area contributed by atoms with E-state index in [1.165, 1.54) is 37.9 Å². The van der Waals surface area contributed by atoms with Crippen LogP contribution in [-0.4, -0.2) is 28.0 Å². The number of nitrogens with zero attached hydrogens (tertiary/aromatic N) is 2. The number of piperidine rings is 1. The Morgan fingerprint density at radius 3 is 2.94 bits per heavy atom. The lowest BCUT2D eigenvalue weighted by Crippen LogP contribution is -2.27. The molecule has 0 aromatic carbocycles. The lowest BCUT2D eigenvalue weighted by atomic mass is 9.93. The van der Waals surface area contributed by atoms with E-state index < -0.39 is 0 Å². The molecule has 2 N–H and O–H groups in total. The van der Waals surface area contributed by atoms with Crippen LogP contribution >= 0.6 is 0 Å². The zero-order chi connectivity index (χ0) is 12.4. The Morgan fingerprint density at radius 2 is 2.17 bits per heavy atom. The van der Waals surface area contributed by atoms with Crippen molar-refractivity contribution in [1.29, 1.82) is 0 Å². The highest BCUT2D eigenvalue weighted by Gasteiger charge is 2.14. The molecule has 0 aliphatic carbocycles. The van der Waals surface area contributed by atoms with Crippen molar-refractivity contribution in [2.45, 2.75) is 32.6 Å². The zero-order valence-corrected chi connectivity index (χ0v) is 10.9. The summed E-state index contributed by atoms with van der Waals surface area (Å²) in [7, 11) is 0. The van der Waals surface area contributed by atoms with Crippen LogP contribution < -0.4 is 5.32 Å². The Bertz CT molecular complexity index is 526. The number of fused-ring (bicyclic) bond motifs is 1. The van der Waals surface area contributed by atoms with Crippen LogP contribution in [0, 0.1) is 12.8 Å². The van der Waals surface area contributed by atoms with E-state index in [4.69, 9.17) is 0 Å². The Hall–Kier alpha value is -1.42. The first kappa shape index (κ1) is 11.7. The minimum Gasteiger partial charge on any atom is -0.340 e. The number of rotatable bonds is 3. The van der Waals surface area contributed by atoms with Crippen molar-refractivity contribution in [3.05, 3.63) is 23.7 Å². The van der Waals surface area contributed by atoms with Gasteiger partial charge in [-0.25, -0.2) is 9.97 Å². The molecule has 0 atom stereocenters. The first-order chi connectivity index (χ1) is 8.83. The molecule has 0 radical (unpaired) electrons. The van der Waals surface area contributed by atoms with Crippen molar-refractivity contribution in [3.8, 4) is 0 Å². The van der Waals surface area contributed by atoms with E-state index in [9.17, 15) is 0 Å². The van der Waals surface area contributed by atoms with Gasteiger partial charge in [-0.1, -0.05) is 0 Å². The Kier molecular flexibility index (Phi) is 3.28. The van der Waals surface area contributed by atoms with Gasteiger partial charge in [0.25, 0.3) is 0 Å². The van der Waals surface area contributed by atoms with Gasteiger partial charge in [0.15, 0.2) is 5.65 Å². The molecule has 0 unspecified atom stereocenters. The molecule has 1 saturated heterocycles. The number of hydrogen-bond donors (Lipinski definition) is 2. The Labute approximate surface area is 107 Å². The maximum absolute atomic E-state index is 4.58. The molecule has 0 amide bonds. The van der Waals surface area contributed by atoms with Crippen LogP contribution in [-0.2, 0) is 6.42 Å². The average Bonchev–Trinajstić information content (AvgIpc) is 2.82. The van der Waals surface area contributed by atoms with Crippen LogP contribution in [0.4, 0.5) is 0 Å². The van der Waals surface area contributed by atoms with E-state index in [1.54, 1.807) is 0 Å². The summed E-state index contributed by atoms with van der Waals surface area (Å²) in [6.45, 7) is 4.44. The first-order valence-electron chi connectivity index (χ1n) is 6.84. The fourth-order valence-electron chi connectivity index (χ4n) is 2.71. The van der Waals surface area contributed by atoms with Crippen LogP contribution in [0.15, 0.2) is 12.3 Å². The first-order valence-corrected chi connectivity index (χ1v) is 6.84. The second-order valence-electron chi connectivity index (χ2n) is 5.24. The molecule has 0 saturated carbocycles. The molecule has 18 heavy (non-hydrogen) atoms. The van der Waals surface area contributed by atoms with Gasteiger partial charge >= 0.3 is 0 Å². The van der Waals surface area contributed by atoms with Crippen molar-refractivity contribution in [1.82, 2.24) is 20.3 Å². The van der Waals surface area contributed by atoms with Crippen molar-refractivity contribution >= 4 is 11.2 Å². The van der Waals surface area contributed by atoms with Crippen molar-refractivity contribution in [3.63, 3.8) is 0 Å². The van der Waals surface area contributed by atoms with Gasteiger partial charge in [0.05, 0.1) is 5.52 Å². The third kappa shape index (κ3) is 2.38. The highest BCUT2D eigenvalue weighted by atomic mass is 15.0. The quantitative estimate of drug-likeness (QED) is 0.870. The maximum Gasteiger partial charge on any atom is 0.177 e. The molecule has 0 bridgehead atoms. The molecule has 0 spiro atoms. The summed E-state index contributed by atoms with van der Waals surface area (Å²) in [6, 6.07) is 2.02. The Balaban J connectivity index is 1.69. The van der Waals surface area contributed by atoms with E-state index in [-0.39, 0.29) is 0 Å². The predicted molar refractivity (Wildman–Crippen MR) is 72.5 cm³/mol. The summed E-state index contributed by atoms with van der Waals surface area (Å²) in [4.78, 5) is 12.3. The van der Waals surface area contributed by atoms with Gasteiger partial charge in [-0.2, -0.15) is 0 Å². The molecule has 2 aromatic heterocycles. The minimum atomic E-state index is 0.855. The van der Waals surface area contributed by atoms with E-state index >= 15 is 0 Å². The maximum atomic E-state index is 4.58. The van der Waals surface area contributed by atoms with E-state index in [2.05, 4.69) is 27.2 Å². The van der Waals surface area contributed by atoms with Crippen LogP contribution in [0.25, 0.3) is 11.2 Å². The molecule has 96 valence electrons. The number of pyridine rings is 1. The van der Waals surface area contributed by atoms with Gasteiger partial charge in [-0.3, -0.25) is 0 Å². The van der Waals surface area contributed by atoms with Crippen LogP contribution in [0.3, 0.4) is 0 Å². The van der Waals surface area contributed by atoms with Crippen LogP contribution in [0.5, 0.6) is 0 Å². The van der Waals surface area contributed by atoms with Crippen molar-refractivity contribution in [2.24, 2.45) is 5.92 Å². The minimum absolute atomic E-state index is 0.855. The molecular weight excluding hydrogens is 224 g/mol. The lowest BCUT2D eigenvalue weighted by Gasteiger charge is -2.21. The molecule has 4 heteroatoms. The average molecular weight is 244 g/mol. The lowest BCUT2D eigenvalue weighted by molar-refractivity contribution is 0.352. The zero-order valence-electron chi connectivity index (χ0n) is 10.9. The summed E-state index contributed by atoms with van der Waals surface area (Å²) in [5, 5.41) is 3.41. The van der Waals surface area contributed by atoms with E-state index in [0.29, 0.717) is 0 Å². The number of imidazole rings is 1. The summed E-state index contributed by atoms with van der Waals surface area (Å²) in [6.07, 6.45) is 6.71. The van der Waals surface area contributed by atoms with Gasteiger partial charge < -0.3 is 10.3 Å². The van der Waals surface area contributed by atoms with Gasteiger partial charge in [0.1, 0.15) is 5.82 Å². The topological polar surface area (TPSA) is 53.6 Å². The number of H-pyrrole nitrogens is 1. The summed E-state index contributed by atoms with van der Waals surface area (Å²) in [5.41, 5.74) is 3.17. The smallest absolute Gasteiger partial charge is 0.177 e. The third-order valence-electron chi connectivity index (χ3n) is 3.90. The number of aryl methyl sites for hydroxylation is 2. The summed E-state index contributed by atoms with van der Waals surface area (Å²) in [5.74, 6) is 1.94. The van der Waals surface area contributed by atoms with Crippen molar-refractivity contribution < 1.29 is 0 Å². The predicted octanol–water partition coefficient (Wildman–Crippen LogP) is 2.20. The molecule has 1 aliphatic heterocycles. The van der Waals surface area contributed by atoms with E-state index in [0.717, 1.165) is 29.3 Å². The summed E-state index contributed by atoms with van der Waals surface area (Å²) < 4.78 is 0. The van der Waals surface area contributed by atoms with Crippen molar-refractivity contribution in [2.75, 3.05) is 13.1 Å². The normalized spacial score (nSPS) is 17.4. The standard InChI is InChI=1S/C14H20N4/c1-10-4-9-16-14-13(10)17-12(18-14)3-2-11-5-7-15-8-6-11/h4,9,11,15H,2-3,5-8H2,1H3,(H,16,17,18). The molecule has 4 nitrogen and oxygen atoms in total. The fraction of sp³-hybridized carbons (Fsp3) is 0.571. The fourth-order valence-corrected chi connectivity index (χ4v) is 2.71. The van der Waals surface area contributed by atoms with Gasteiger partial charge in [0.2, 0.25) is 0 Å². The Morgan fingerprint density at radius 1 is 1.33 bits per heavy atom. The molecule has 1 aliphatic rings. The van der Waals surface area contributed by atoms with Gasteiger partial charge in [-0.05, 0) is 56.8 Å². The summed E-state index contributed by atoms with van der Waals surface area (Å²) >= 11 is 0. The number of nitrogens with one attached hydrogen (secondary N) is 2. The van der Waals surface area contributed by atoms with E-state index in [1.807, 2.05) is 12.3 Å². The number of aromatic amines is 1. The molecule has 3 rings (SSSR count). The highest BCUT2D eigenvalue weighted by molar-refractivity contribution is 5.74. The highest BCUT2D eigenvalue weighted by Crippen LogP contribution is 2.19. The van der Waals surface area contributed by atoms with Gasteiger partial charge in [0, 0.05) is 12.6 Å². The molecule has 1 fully saturated rings. The SMILES string of the molecule is Cc1ccnc2nc(CCC3CCNCC3)[nH]c12. The second-order valence-corrected chi connectivity index (χ2v) is 5.24. The molecular formula is C14H20N4. The molecule has 2 aromatic rings. The third-order valence-corrected chi connectivity index (χ3v) is 3.90. The number of aromatic nitrogens is 3. The van der Waals surface area contributed by atoms with Gasteiger partial charge in [-0.15, -0.1) is 0 Å².